The van der Waals surface area contributed by atoms with Crippen molar-refractivity contribution in [3.05, 3.63) is 58.2 Å². The van der Waals surface area contributed by atoms with Crippen molar-refractivity contribution in [2.45, 2.75) is 75.5 Å². The highest BCUT2D eigenvalue weighted by atomic mass is 19.4. The van der Waals surface area contributed by atoms with Gasteiger partial charge in [-0.3, -0.25) is 9.59 Å². The molecule has 1 amide bonds. The average Bonchev–Trinajstić information content (AvgIpc) is 2.90. The van der Waals surface area contributed by atoms with E-state index in [0.29, 0.717) is 11.3 Å². The van der Waals surface area contributed by atoms with Crippen LogP contribution in [0.5, 0.6) is 17.2 Å². The van der Waals surface area contributed by atoms with Crippen LogP contribution >= 0.6 is 0 Å². The molecule has 6 atom stereocenters. The summed E-state index contributed by atoms with van der Waals surface area (Å²) in [5.41, 5.74) is -0.935. The Hall–Kier alpha value is -3.65. The number of ether oxygens (including phenoxy) is 3. The third-order valence-corrected chi connectivity index (χ3v) is 8.01. The highest BCUT2D eigenvalue weighted by Gasteiger charge is 2.47. The van der Waals surface area contributed by atoms with Gasteiger partial charge in [-0.2, -0.15) is 13.2 Å². The van der Waals surface area contributed by atoms with E-state index < -0.39 is 72.0 Å². The van der Waals surface area contributed by atoms with Gasteiger partial charge in [0.2, 0.25) is 0 Å². The normalized spacial score (nSPS) is 28.9. The van der Waals surface area contributed by atoms with Gasteiger partial charge >= 0.3 is 12.1 Å². The minimum absolute atomic E-state index is 0.0447. The van der Waals surface area contributed by atoms with Gasteiger partial charge in [-0.05, 0) is 25.5 Å². The first-order valence-electron chi connectivity index (χ1n) is 13.2. The van der Waals surface area contributed by atoms with Crippen molar-refractivity contribution < 1.29 is 57.4 Å². The number of nitrogens with one attached hydrogen (secondary N) is 1. The number of aliphatic hydroxyl groups excluding tert-OH is 1. The van der Waals surface area contributed by atoms with Crippen LogP contribution in [0.2, 0.25) is 0 Å². The Kier molecular flexibility index (Phi) is 7.29. The van der Waals surface area contributed by atoms with Crippen molar-refractivity contribution in [1.82, 2.24) is 5.32 Å². The molecule has 2 aromatic rings. The molecule has 13 heteroatoms. The van der Waals surface area contributed by atoms with Crippen LogP contribution in [0.25, 0.3) is 5.57 Å². The molecule has 4 unspecified atom stereocenters. The molecule has 226 valence electrons. The summed E-state index contributed by atoms with van der Waals surface area (Å²) in [5.74, 6) is -3.42. The largest absolute Gasteiger partial charge is 0.507 e. The van der Waals surface area contributed by atoms with Crippen LogP contribution in [0.1, 0.15) is 71.0 Å². The van der Waals surface area contributed by atoms with E-state index in [0.717, 1.165) is 0 Å². The lowest BCUT2D eigenvalue weighted by Crippen LogP contribution is -2.57. The van der Waals surface area contributed by atoms with Crippen molar-refractivity contribution in [2.75, 3.05) is 7.11 Å². The molecule has 0 spiro atoms. The third-order valence-electron chi connectivity index (χ3n) is 8.01. The van der Waals surface area contributed by atoms with E-state index in [1.807, 2.05) is 0 Å². The lowest BCUT2D eigenvalue weighted by molar-refractivity contribution is -0.250. The molecule has 2 aromatic carbocycles. The molecule has 42 heavy (non-hydrogen) atoms. The Labute approximate surface area is 238 Å². The number of carbonyl (C=O) groups is 2. The van der Waals surface area contributed by atoms with E-state index in [9.17, 15) is 43.2 Å². The standard InChI is InChI=1S/C29H30F3NO9/c1-11-19-13(6-5-7-16(19)40-4)24(35)22-20(11)26(37)21-14(25(22)36)9-28(3,39)10-17(21)42-18-8-15(23(34)12(2)41-18)33-27(38)29(30,31)32/h5-7,12,15,17-18,23,34,36-37,39H,1,8-10H2,2-4H3,(H,33,38)/t12?,15?,17-,18?,23?,28-/m0/s1. The maximum Gasteiger partial charge on any atom is 0.471 e. The molecule has 1 aliphatic heterocycles. The van der Waals surface area contributed by atoms with E-state index >= 15 is 0 Å². The summed E-state index contributed by atoms with van der Waals surface area (Å²) in [5, 5.41) is 46.2. The molecule has 1 heterocycles. The van der Waals surface area contributed by atoms with Crippen LogP contribution in [0, 0.1) is 0 Å². The molecule has 3 aliphatic rings. The van der Waals surface area contributed by atoms with Gasteiger partial charge in [-0.15, -0.1) is 0 Å². The maximum absolute atomic E-state index is 13.6. The highest BCUT2D eigenvalue weighted by Crippen LogP contribution is 2.54. The second-order valence-corrected chi connectivity index (χ2v) is 11.1. The Balaban J connectivity index is 1.56. The topological polar surface area (TPSA) is 155 Å². The quantitative estimate of drug-likeness (QED) is 0.287. The van der Waals surface area contributed by atoms with Gasteiger partial charge in [0, 0.05) is 47.1 Å². The number of alkyl halides is 3. The number of rotatable bonds is 4. The number of hydrogen-bond donors (Lipinski definition) is 5. The molecule has 2 aliphatic carbocycles. The van der Waals surface area contributed by atoms with E-state index in [2.05, 4.69) is 6.58 Å². The monoisotopic (exact) mass is 593 g/mol. The summed E-state index contributed by atoms with van der Waals surface area (Å²) in [6.07, 6.45) is -10.9. The first-order chi connectivity index (χ1) is 19.6. The predicted molar refractivity (Wildman–Crippen MR) is 140 cm³/mol. The molecule has 0 radical (unpaired) electrons. The summed E-state index contributed by atoms with van der Waals surface area (Å²) in [6.45, 7) is 6.91. The molecular weight excluding hydrogens is 563 g/mol. The van der Waals surface area contributed by atoms with E-state index in [1.54, 1.807) is 17.4 Å². The minimum Gasteiger partial charge on any atom is -0.507 e. The third kappa shape index (κ3) is 4.89. The van der Waals surface area contributed by atoms with Crippen LogP contribution in [0.4, 0.5) is 13.2 Å². The Morgan fingerprint density at radius 2 is 1.88 bits per heavy atom. The lowest BCUT2D eigenvalue weighted by atomic mass is 9.72. The zero-order valence-corrected chi connectivity index (χ0v) is 22.9. The number of hydrogen-bond acceptors (Lipinski definition) is 9. The van der Waals surface area contributed by atoms with Crippen molar-refractivity contribution >= 4 is 17.3 Å². The molecular formula is C29H30F3NO9. The number of halogens is 3. The molecule has 0 bridgehead atoms. The summed E-state index contributed by atoms with van der Waals surface area (Å²) in [6, 6.07) is 3.37. The van der Waals surface area contributed by atoms with Crippen LogP contribution in [-0.2, 0) is 20.7 Å². The number of methoxy groups -OCH3 is 1. The zero-order chi connectivity index (χ0) is 30.9. The minimum atomic E-state index is -5.18. The van der Waals surface area contributed by atoms with Crippen molar-refractivity contribution in [3.8, 4) is 17.2 Å². The second kappa shape index (κ2) is 10.3. The molecule has 0 saturated carbocycles. The Morgan fingerprint density at radius 1 is 1.19 bits per heavy atom. The lowest BCUT2D eigenvalue weighted by Gasteiger charge is -2.42. The van der Waals surface area contributed by atoms with Crippen LogP contribution in [-0.4, -0.2) is 75.5 Å². The number of aliphatic hydroxyl groups is 2. The predicted octanol–water partition coefficient (Wildman–Crippen LogP) is 3.01. The number of amides is 1. The van der Waals surface area contributed by atoms with E-state index in [4.69, 9.17) is 14.2 Å². The highest BCUT2D eigenvalue weighted by molar-refractivity contribution is 6.21. The molecule has 10 nitrogen and oxygen atoms in total. The summed E-state index contributed by atoms with van der Waals surface area (Å²) in [4.78, 5) is 25.2. The number of aromatic hydroxyl groups is 2. The van der Waals surface area contributed by atoms with Gasteiger partial charge in [0.25, 0.3) is 0 Å². The number of carbonyl (C=O) groups excluding carboxylic acids is 2. The smallest absolute Gasteiger partial charge is 0.471 e. The van der Waals surface area contributed by atoms with Crippen LogP contribution in [0.15, 0.2) is 24.8 Å². The van der Waals surface area contributed by atoms with Gasteiger partial charge in [-0.1, -0.05) is 18.7 Å². The van der Waals surface area contributed by atoms with Gasteiger partial charge in [0.05, 0.1) is 36.5 Å². The number of phenolic OH excluding ortho intramolecular Hbond substituents is 2. The van der Waals surface area contributed by atoms with Gasteiger partial charge in [-0.25, -0.2) is 0 Å². The van der Waals surface area contributed by atoms with Crippen molar-refractivity contribution in [3.63, 3.8) is 0 Å². The fourth-order valence-electron chi connectivity index (χ4n) is 6.08. The average molecular weight is 594 g/mol. The SMILES string of the molecule is C=C1c2c(OC)cccc2C(=O)c2c(O)c3c(c(O)c21)[C@@H](OC1CC(NC(=O)C(F)(F)F)C(O)C(C)O1)C[C@@](C)(O)C3. The van der Waals surface area contributed by atoms with Gasteiger partial charge in [0.1, 0.15) is 23.4 Å². The number of benzene rings is 2. The van der Waals surface area contributed by atoms with E-state index in [-0.39, 0.29) is 46.2 Å². The van der Waals surface area contributed by atoms with Crippen LogP contribution in [0.3, 0.4) is 0 Å². The van der Waals surface area contributed by atoms with E-state index in [1.165, 1.54) is 27.0 Å². The maximum atomic E-state index is 13.6. The number of fused-ring (bicyclic) bond motifs is 3. The van der Waals surface area contributed by atoms with Crippen LogP contribution < -0.4 is 10.1 Å². The summed E-state index contributed by atoms with van der Waals surface area (Å²) in [7, 11) is 1.41. The molecule has 0 aromatic heterocycles. The molecule has 1 saturated heterocycles. The number of ketones is 1. The fraction of sp³-hybridized carbons (Fsp3) is 0.448. The number of phenols is 2. The summed E-state index contributed by atoms with van der Waals surface area (Å²) >= 11 is 0. The Bertz CT molecular complexity index is 1490. The van der Waals surface area contributed by atoms with Gasteiger partial charge in [0.15, 0.2) is 12.1 Å². The summed E-state index contributed by atoms with van der Waals surface area (Å²) < 4.78 is 55.8. The molecule has 5 rings (SSSR count). The van der Waals surface area contributed by atoms with Crippen molar-refractivity contribution in [2.24, 2.45) is 0 Å². The fourth-order valence-corrected chi connectivity index (χ4v) is 6.08. The zero-order valence-electron chi connectivity index (χ0n) is 22.9. The van der Waals surface area contributed by atoms with Crippen molar-refractivity contribution in [1.29, 1.82) is 0 Å². The Morgan fingerprint density at radius 3 is 2.52 bits per heavy atom. The molecule has 1 fully saturated rings. The second-order valence-electron chi connectivity index (χ2n) is 11.1. The molecule has 5 N–H and O–H groups in total. The first-order valence-corrected chi connectivity index (χ1v) is 13.2. The van der Waals surface area contributed by atoms with Gasteiger partial charge < -0.3 is 40.0 Å². The first kappa shape index (κ1) is 29.8.